The van der Waals surface area contributed by atoms with Gasteiger partial charge < -0.3 is 10.1 Å². The lowest BCUT2D eigenvalue weighted by Crippen LogP contribution is -2.19. The number of hydrogen-bond donors (Lipinski definition) is 1. The Hall–Kier alpha value is -2.96. The molecule has 0 atom stereocenters. The third-order valence-electron chi connectivity index (χ3n) is 5.31. The Kier molecular flexibility index (Phi) is 7.02. The fourth-order valence-corrected chi connectivity index (χ4v) is 5.00. The first kappa shape index (κ1) is 23.8. The zero-order valence-corrected chi connectivity index (χ0v) is 21.2. The van der Waals surface area contributed by atoms with E-state index < -0.39 is 0 Å². The van der Waals surface area contributed by atoms with E-state index in [1.165, 1.54) is 11.8 Å². The molecule has 5 rings (SSSR count). The summed E-state index contributed by atoms with van der Waals surface area (Å²) in [5.74, 6) is 0.418. The molecule has 174 valence electrons. The molecule has 1 saturated heterocycles. The van der Waals surface area contributed by atoms with Crippen molar-refractivity contribution in [3.8, 4) is 5.75 Å². The summed E-state index contributed by atoms with van der Waals surface area (Å²) in [6.07, 6.45) is 1.84. The van der Waals surface area contributed by atoms with E-state index in [4.69, 9.17) is 39.5 Å². The topological polar surface area (TPSA) is 50.7 Å². The van der Waals surface area contributed by atoms with Crippen LogP contribution in [0.4, 0.5) is 5.69 Å². The number of nitrogens with zero attached hydrogens (tertiary/aromatic N) is 1. The molecule has 4 nitrogen and oxygen atoms in total. The molecule has 1 heterocycles. The second kappa shape index (κ2) is 10.3. The lowest BCUT2D eigenvalue weighted by molar-refractivity contribution is -0.115. The number of thioether (sulfide) groups is 1. The number of fused-ring (bicyclic) bond motifs is 1. The number of benzene rings is 4. The number of aliphatic imine (C=N–C) groups is 1. The molecule has 0 saturated carbocycles. The van der Waals surface area contributed by atoms with Crippen molar-refractivity contribution in [3.05, 3.63) is 110 Å². The highest BCUT2D eigenvalue weighted by Crippen LogP contribution is 2.35. The van der Waals surface area contributed by atoms with Crippen LogP contribution in [-0.2, 0) is 11.4 Å². The summed E-state index contributed by atoms with van der Waals surface area (Å²) in [5, 5.41) is 7.06. The largest absolute Gasteiger partial charge is 0.488 e. The molecule has 4 aromatic carbocycles. The zero-order valence-electron chi connectivity index (χ0n) is 18.1. The molecule has 0 unspecified atom stereocenters. The van der Waals surface area contributed by atoms with Crippen molar-refractivity contribution < 1.29 is 9.53 Å². The molecule has 8 heteroatoms. The molecule has 35 heavy (non-hydrogen) atoms. The number of carbonyl (C=O) groups excluding carboxylic acids is 1. The van der Waals surface area contributed by atoms with Crippen LogP contribution in [0, 0.1) is 0 Å². The van der Waals surface area contributed by atoms with Gasteiger partial charge in [-0.05, 0) is 71.1 Å². The van der Waals surface area contributed by atoms with Crippen molar-refractivity contribution in [1.82, 2.24) is 5.32 Å². The molecule has 1 N–H and O–H groups in total. The van der Waals surface area contributed by atoms with Crippen LogP contribution in [0.25, 0.3) is 16.8 Å². The maximum absolute atomic E-state index is 12.8. The average Bonchev–Trinajstić information content (AvgIpc) is 3.19. The Labute approximate surface area is 221 Å². The van der Waals surface area contributed by atoms with E-state index in [-0.39, 0.29) is 12.5 Å². The number of halogens is 3. The van der Waals surface area contributed by atoms with Gasteiger partial charge in [-0.2, -0.15) is 0 Å². The van der Waals surface area contributed by atoms with Crippen LogP contribution in [0.2, 0.25) is 15.1 Å². The van der Waals surface area contributed by atoms with E-state index in [0.717, 1.165) is 21.9 Å². The first-order valence-corrected chi connectivity index (χ1v) is 12.5. The van der Waals surface area contributed by atoms with Crippen LogP contribution >= 0.6 is 46.6 Å². The molecule has 0 bridgehead atoms. The molecule has 4 aromatic rings. The van der Waals surface area contributed by atoms with E-state index in [0.29, 0.717) is 36.6 Å². The van der Waals surface area contributed by atoms with E-state index in [1.54, 1.807) is 36.4 Å². The number of amides is 1. The Bertz CT molecular complexity index is 1500. The van der Waals surface area contributed by atoms with Crippen LogP contribution in [0.15, 0.2) is 88.8 Å². The fraction of sp³-hybridized carbons (Fsp3) is 0.0370. The molecule has 1 fully saturated rings. The minimum Gasteiger partial charge on any atom is -0.488 e. The third kappa shape index (κ3) is 5.49. The Morgan fingerprint density at radius 1 is 0.914 bits per heavy atom. The van der Waals surface area contributed by atoms with Crippen molar-refractivity contribution in [3.63, 3.8) is 0 Å². The number of ether oxygens (including phenoxy) is 1. The van der Waals surface area contributed by atoms with Gasteiger partial charge in [0.15, 0.2) is 5.17 Å². The van der Waals surface area contributed by atoms with Crippen molar-refractivity contribution in [2.45, 2.75) is 6.61 Å². The molecule has 0 aromatic heterocycles. The second-order valence-corrected chi connectivity index (χ2v) is 9.99. The van der Waals surface area contributed by atoms with Gasteiger partial charge in [0.05, 0.1) is 10.6 Å². The predicted molar refractivity (Wildman–Crippen MR) is 147 cm³/mol. The zero-order chi connectivity index (χ0) is 24.4. The van der Waals surface area contributed by atoms with Crippen LogP contribution in [-0.4, -0.2) is 11.1 Å². The summed E-state index contributed by atoms with van der Waals surface area (Å²) in [7, 11) is 0. The number of amidine groups is 1. The summed E-state index contributed by atoms with van der Waals surface area (Å²) in [5.41, 5.74) is 2.32. The molecule has 0 aliphatic carbocycles. The van der Waals surface area contributed by atoms with Crippen molar-refractivity contribution in [1.29, 1.82) is 0 Å². The summed E-state index contributed by atoms with van der Waals surface area (Å²) in [6, 6.07) is 24.2. The summed E-state index contributed by atoms with van der Waals surface area (Å²) >= 11 is 19.6. The minimum absolute atomic E-state index is 0.220. The predicted octanol–water partition coefficient (Wildman–Crippen LogP) is 8.27. The molecule has 0 radical (unpaired) electrons. The lowest BCUT2D eigenvalue weighted by Gasteiger charge is -2.13. The van der Waals surface area contributed by atoms with Gasteiger partial charge in [-0.3, -0.25) is 4.79 Å². The van der Waals surface area contributed by atoms with Gasteiger partial charge in [0.1, 0.15) is 12.4 Å². The van der Waals surface area contributed by atoms with Crippen molar-refractivity contribution >= 4 is 80.2 Å². The quantitative estimate of drug-likeness (QED) is 0.260. The van der Waals surface area contributed by atoms with Gasteiger partial charge in [0.2, 0.25) is 0 Å². The van der Waals surface area contributed by atoms with Crippen LogP contribution < -0.4 is 10.1 Å². The van der Waals surface area contributed by atoms with Gasteiger partial charge in [-0.1, -0.05) is 71.2 Å². The maximum Gasteiger partial charge on any atom is 0.264 e. The third-order valence-corrected chi connectivity index (χ3v) is 7.06. The highest BCUT2D eigenvalue weighted by Gasteiger charge is 2.25. The van der Waals surface area contributed by atoms with E-state index in [1.807, 2.05) is 48.5 Å². The SMILES string of the molecule is O=C1NC(=Nc2ccc(Cl)cc2)S/C1=C\c1c(OCc2ccc(Cl)cc2Cl)ccc2ccccc12. The summed E-state index contributed by atoms with van der Waals surface area (Å²) in [4.78, 5) is 17.8. The first-order chi connectivity index (χ1) is 17.0. The highest BCUT2D eigenvalue weighted by molar-refractivity contribution is 8.18. The van der Waals surface area contributed by atoms with Gasteiger partial charge in [0, 0.05) is 26.2 Å². The van der Waals surface area contributed by atoms with Crippen molar-refractivity contribution in [2.24, 2.45) is 4.99 Å². The van der Waals surface area contributed by atoms with E-state index in [9.17, 15) is 4.79 Å². The number of rotatable bonds is 5. The molecular weight excluding hydrogens is 523 g/mol. The first-order valence-electron chi connectivity index (χ1n) is 10.6. The molecular formula is C27H17Cl3N2O2S. The van der Waals surface area contributed by atoms with E-state index in [2.05, 4.69) is 10.3 Å². The van der Waals surface area contributed by atoms with Gasteiger partial charge >= 0.3 is 0 Å². The van der Waals surface area contributed by atoms with Gasteiger partial charge in [-0.25, -0.2) is 4.99 Å². The van der Waals surface area contributed by atoms with Gasteiger partial charge in [-0.15, -0.1) is 0 Å². The van der Waals surface area contributed by atoms with Gasteiger partial charge in [0.25, 0.3) is 5.91 Å². The monoisotopic (exact) mass is 538 g/mol. The number of hydrogen-bond acceptors (Lipinski definition) is 4. The van der Waals surface area contributed by atoms with Crippen LogP contribution in [0.1, 0.15) is 11.1 Å². The average molecular weight is 540 g/mol. The number of nitrogens with one attached hydrogen (secondary N) is 1. The number of carbonyl (C=O) groups is 1. The highest BCUT2D eigenvalue weighted by atomic mass is 35.5. The fourth-order valence-electron chi connectivity index (χ4n) is 3.59. The van der Waals surface area contributed by atoms with Crippen LogP contribution in [0.5, 0.6) is 5.75 Å². The second-order valence-electron chi connectivity index (χ2n) is 7.68. The molecule has 1 aliphatic rings. The lowest BCUT2D eigenvalue weighted by atomic mass is 10.0. The van der Waals surface area contributed by atoms with E-state index >= 15 is 0 Å². The molecule has 1 amide bonds. The Morgan fingerprint density at radius 2 is 1.69 bits per heavy atom. The Balaban J connectivity index is 1.48. The smallest absolute Gasteiger partial charge is 0.264 e. The minimum atomic E-state index is -0.220. The Morgan fingerprint density at radius 3 is 2.49 bits per heavy atom. The normalized spacial score (nSPS) is 15.7. The van der Waals surface area contributed by atoms with Crippen LogP contribution in [0.3, 0.4) is 0 Å². The summed E-state index contributed by atoms with van der Waals surface area (Å²) < 4.78 is 6.18. The standard InChI is InChI=1S/C27H17Cl3N2O2S/c28-18-8-10-20(11-9-18)31-27-32-26(33)25(35-27)14-22-21-4-2-1-3-16(21)6-12-24(22)34-15-17-5-7-19(29)13-23(17)30/h1-14H,15H2,(H,31,32,33)/b25-14-. The summed E-state index contributed by atoms with van der Waals surface area (Å²) in [6.45, 7) is 0.257. The molecule has 0 spiro atoms. The van der Waals surface area contributed by atoms with Crippen molar-refractivity contribution in [2.75, 3.05) is 0 Å². The maximum atomic E-state index is 12.8. The molecule has 1 aliphatic heterocycles.